The number of alkyl halides is 1. The van der Waals surface area contributed by atoms with Crippen LogP contribution >= 0.6 is 15.9 Å². The fourth-order valence-electron chi connectivity index (χ4n) is 1.40. The fourth-order valence-corrected chi connectivity index (χ4v) is 2.72. The molecule has 84 valence electrons. The van der Waals surface area contributed by atoms with Crippen LogP contribution in [0.4, 0.5) is 8.78 Å². The zero-order chi connectivity index (χ0) is 11.6. The van der Waals surface area contributed by atoms with Gasteiger partial charge in [-0.05, 0) is 30.0 Å². The molecule has 1 atom stereocenters. The highest BCUT2D eigenvalue weighted by atomic mass is 79.9. The molecule has 0 saturated heterocycles. The van der Waals surface area contributed by atoms with E-state index in [0.29, 0.717) is 5.56 Å². The van der Waals surface area contributed by atoms with Crippen LogP contribution < -0.4 is 0 Å². The van der Waals surface area contributed by atoms with Gasteiger partial charge in [-0.2, -0.15) is 0 Å². The lowest BCUT2D eigenvalue weighted by Crippen LogP contribution is -2.09. The van der Waals surface area contributed by atoms with Crippen LogP contribution in [0.25, 0.3) is 0 Å². The van der Waals surface area contributed by atoms with E-state index in [1.54, 1.807) is 0 Å². The summed E-state index contributed by atoms with van der Waals surface area (Å²) in [7, 11) is 0. The van der Waals surface area contributed by atoms with E-state index < -0.39 is 5.82 Å². The predicted octanol–water partition coefficient (Wildman–Crippen LogP) is 4.84. The Labute approximate surface area is 97.8 Å². The molecule has 0 aliphatic carbocycles. The van der Waals surface area contributed by atoms with Gasteiger partial charge in [-0.15, -0.1) is 0 Å². The van der Waals surface area contributed by atoms with Crippen molar-refractivity contribution in [3.63, 3.8) is 0 Å². The maximum Gasteiger partial charge on any atom is 0.127 e. The number of hydrogen-bond donors (Lipinski definition) is 0. The standard InChI is InChI=1S/C12H15BrF2/c1-12(2,3)7-10(13)9-6-8(14)4-5-11(9)15/h4-6,10H,7H2,1-3H3. The average Bonchev–Trinajstić information content (AvgIpc) is 2.06. The van der Waals surface area contributed by atoms with Gasteiger partial charge in [-0.25, -0.2) is 8.78 Å². The van der Waals surface area contributed by atoms with E-state index in [1.165, 1.54) is 12.1 Å². The maximum atomic E-state index is 13.4. The number of rotatable bonds is 2. The molecule has 15 heavy (non-hydrogen) atoms. The van der Waals surface area contributed by atoms with Crippen LogP contribution in [-0.2, 0) is 0 Å². The summed E-state index contributed by atoms with van der Waals surface area (Å²) in [5, 5.41) is 0. The number of hydrogen-bond acceptors (Lipinski definition) is 0. The molecule has 0 aliphatic heterocycles. The smallest absolute Gasteiger partial charge is 0.127 e. The fraction of sp³-hybridized carbons (Fsp3) is 0.500. The number of benzene rings is 1. The molecule has 0 amide bonds. The van der Waals surface area contributed by atoms with Gasteiger partial charge in [0.05, 0.1) is 0 Å². The Morgan fingerprint density at radius 1 is 1.27 bits per heavy atom. The zero-order valence-electron chi connectivity index (χ0n) is 9.15. The molecular formula is C12H15BrF2. The van der Waals surface area contributed by atoms with Gasteiger partial charge >= 0.3 is 0 Å². The first kappa shape index (κ1) is 12.6. The van der Waals surface area contributed by atoms with Crippen molar-refractivity contribution in [2.75, 3.05) is 0 Å². The second-order valence-electron chi connectivity index (χ2n) is 4.90. The van der Waals surface area contributed by atoms with Gasteiger partial charge in [0.1, 0.15) is 11.6 Å². The first-order valence-corrected chi connectivity index (χ1v) is 5.80. The van der Waals surface area contributed by atoms with Gasteiger partial charge in [0.25, 0.3) is 0 Å². The van der Waals surface area contributed by atoms with Crippen molar-refractivity contribution < 1.29 is 8.78 Å². The molecule has 0 N–H and O–H groups in total. The lowest BCUT2D eigenvalue weighted by molar-refractivity contribution is 0.373. The second-order valence-corrected chi connectivity index (χ2v) is 6.00. The largest absolute Gasteiger partial charge is 0.207 e. The SMILES string of the molecule is CC(C)(C)CC(Br)c1cc(F)ccc1F. The monoisotopic (exact) mass is 276 g/mol. The third-order valence-electron chi connectivity index (χ3n) is 2.09. The highest BCUT2D eigenvalue weighted by Crippen LogP contribution is 2.36. The summed E-state index contributed by atoms with van der Waals surface area (Å²) in [6.07, 6.45) is 0.757. The Balaban J connectivity index is 2.90. The summed E-state index contributed by atoms with van der Waals surface area (Å²) in [6.45, 7) is 6.20. The lowest BCUT2D eigenvalue weighted by Gasteiger charge is -2.22. The number of halogens is 3. The van der Waals surface area contributed by atoms with Crippen LogP contribution in [-0.4, -0.2) is 0 Å². The predicted molar refractivity (Wildman–Crippen MR) is 62.1 cm³/mol. The molecule has 3 heteroatoms. The molecule has 0 radical (unpaired) electrons. The molecular weight excluding hydrogens is 262 g/mol. The molecule has 1 aromatic carbocycles. The van der Waals surface area contributed by atoms with Gasteiger partial charge in [0, 0.05) is 10.4 Å². The van der Waals surface area contributed by atoms with Crippen molar-refractivity contribution in [3.05, 3.63) is 35.4 Å². The third kappa shape index (κ3) is 3.90. The van der Waals surface area contributed by atoms with E-state index in [1.807, 2.05) is 0 Å². The molecule has 0 spiro atoms. The molecule has 0 heterocycles. The second kappa shape index (κ2) is 4.60. The van der Waals surface area contributed by atoms with Gasteiger partial charge in [-0.1, -0.05) is 36.7 Å². The highest BCUT2D eigenvalue weighted by molar-refractivity contribution is 9.09. The van der Waals surface area contributed by atoms with Crippen molar-refractivity contribution in [1.82, 2.24) is 0 Å². The third-order valence-corrected chi connectivity index (χ3v) is 2.90. The van der Waals surface area contributed by atoms with Crippen LogP contribution in [0.2, 0.25) is 0 Å². The minimum absolute atomic E-state index is 0.0763. The summed E-state index contributed by atoms with van der Waals surface area (Å²) < 4.78 is 26.4. The van der Waals surface area contributed by atoms with E-state index in [0.717, 1.165) is 12.5 Å². The van der Waals surface area contributed by atoms with E-state index >= 15 is 0 Å². The van der Waals surface area contributed by atoms with Gasteiger partial charge in [0.2, 0.25) is 0 Å². The molecule has 0 aromatic heterocycles. The summed E-state index contributed by atoms with van der Waals surface area (Å²) in [5.74, 6) is -0.757. The molecule has 0 nitrogen and oxygen atoms in total. The van der Waals surface area contributed by atoms with Crippen molar-refractivity contribution in [2.24, 2.45) is 5.41 Å². The quantitative estimate of drug-likeness (QED) is 0.679. The minimum atomic E-state index is -0.398. The highest BCUT2D eigenvalue weighted by Gasteiger charge is 2.20. The van der Waals surface area contributed by atoms with E-state index in [2.05, 4.69) is 36.7 Å². The molecule has 1 unspecified atom stereocenters. The average molecular weight is 277 g/mol. The van der Waals surface area contributed by atoms with Crippen LogP contribution in [0.3, 0.4) is 0 Å². The molecule has 0 bridgehead atoms. The zero-order valence-corrected chi connectivity index (χ0v) is 10.7. The van der Waals surface area contributed by atoms with E-state index in [9.17, 15) is 8.78 Å². The van der Waals surface area contributed by atoms with Crippen molar-refractivity contribution in [1.29, 1.82) is 0 Å². The van der Waals surface area contributed by atoms with Crippen molar-refractivity contribution in [3.8, 4) is 0 Å². The van der Waals surface area contributed by atoms with E-state index in [4.69, 9.17) is 0 Å². The summed E-state index contributed by atoms with van der Waals surface area (Å²) in [6, 6.07) is 3.55. The van der Waals surface area contributed by atoms with E-state index in [-0.39, 0.29) is 16.1 Å². The summed E-state index contributed by atoms with van der Waals surface area (Å²) >= 11 is 3.40. The van der Waals surface area contributed by atoms with Crippen LogP contribution in [0.5, 0.6) is 0 Å². The Morgan fingerprint density at radius 2 is 1.87 bits per heavy atom. The van der Waals surface area contributed by atoms with Gasteiger partial charge in [-0.3, -0.25) is 0 Å². The first-order chi connectivity index (χ1) is 6.79. The maximum absolute atomic E-state index is 13.4. The van der Waals surface area contributed by atoms with Crippen LogP contribution in [0.15, 0.2) is 18.2 Å². The Morgan fingerprint density at radius 3 is 2.40 bits per heavy atom. The molecule has 0 saturated carbocycles. The Hall–Kier alpha value is -0.440. The van der Waals surface area contributed by atoms with Gasteiger partial charge in [0.15, 0.2) is 0 Å². The van der Waals surface area contributed by atoms with Gasteiger partial charge < -0.3 is 0 Å². The first-order valence-electron chi connectivity index (χ1n) is 4.88. The van der Waals surface area contributed by atoms with Crippen molar-refractivity contribution in [2.45, 2.75) is 32.0 Å². The lowest BCUT2D eigenvalue weighted by atomic mass is 9.88. The van der Waals surface area contributed by atoms with Crippen LogP contribution in [0, 0.1) is 17.0 Å². The molecule has 0 fully saturated rings. The van der Waals surface area contributed by atoms with Crippen molar-refractivity contribution >= 4 is 15.9 Å². The molecule has 0 aliphatic rings. The minimum Gasteiger partial charge on any atom is -0.207 e. The summed E-state index contributed by atoms with van der Waals surface area (Å²) in [4.78, 5) is -0.145. The normalized spacial score (nSPS) is 14.0. The molecule has 1 rings (SSSR count). The Bertz CT molecular complexity index is 342. The molecule has 1 aromatic rings. The van der Waals surface area contributed by atoms with Crippen LogP contribution in [0.1, 0.15) is 37.6 Å². The Kier molecular flexibility index (Phi) is 3.87. The topological polar surface area (TPSA) is 0 Å². The summed E-state index contributed by atoms with van der Waals surface area (Å²) in [5.41, 5.74) is 0.470.